The minimum absolute atomic E-state index is 0.599. The van der Waals surface area contributed by atoms with E-state index in [0.717, 1.165) is 24.8 Å². The second-order valence-electron chi connectivity index (χ2n) is 6.49. The van der Waals surface area contributed by atoms with Gasteiger partial charge in [-0.1, -0.05) is 13.3 Å². The van der Waals surface area contributed by atoms with Gasteiger partial charge in [-0.05, 0) is 57.0 Å². The SMILES string of the molecule is CCCOc1ccc(N2CC3CCCCN3CC2C)cc1. The number of nitrogens with zero attached hydrogens (tertiary/aromatic N) is 2. The number of anilines is 1. The number of hydrogen-bond donors (Lipinski definition) is 0. The fourth-order valence-corrected chi connectivity index (χ4v) is 3.67. The van der Waals surface area contributed by atoms with Crippen molar-refractivity contribution in [3.63, 3.8) is 0 Å². The third-order valence-corrected chi connectivity index (χ3v) is 4.83. The molecular formula is C18H28N2O. The molecule has 2 unspecified atom stereocenters. The quantitative estimate of drug-likeness (QED) is 0.843. The van der Waals surface area contributed by atoms with Crippen LogP contribution >= 0.6 is 0 Å². The highest BCUT2D eigenvalue weighted by atomic mass is 16.5. The average Bonchev–Trinajstić information content (AvgIpc) is 2.53. The van der Waals surface area contributed by atoms with Crippen molar-refractivity contribution < 1.29 is 4.74 Å². The lowest BCUT2D eigenvalue weighted by molar-refractivity contribution is 0.115. The lowest BCUT2D eigenvalue weighted by Crippen LogP contribution is -2.58. The highest BCUT2D eigenvalue weighted by Gasteiger charge is 2.32. The van der Waals surface area contributed by atoms with Crippen LogP contribution in [0, 0.1) is 0 Å². The molecule has 0 radical (unpaired) electrons. The van der Waals surface area contributed by atoms with Crippen molar-refractivity contribution in [2.45, 2.75) is 51.6 Å². The van der Waals surface area contributed by atoms with Gasteiger partial charge in [0.05, 0.1) is 6.61 Å². The van der Waals surface area contributed by atoms with Gasteiger partial charge in [0.25, 0.3) is 0 Å². The average molecular weight is 288 g/mol. The van der Waals surface area contributed by atoms with Crippen LogP contribution in [-0.4, -0.2) is 43.2 Å². The van der Waals surface area contributed by atoms with E-state index in [1.807, 2.05) is 0 Å². The largest absolute Gasteiger partial charge is 0.494 e. The van der Waals surface area contributed by atoms with Crippen LogP contribution in [0.2, 0.25) is 0 Å². The number of hydrogen-bond acceptors (Lipinski definition) is 3. The van der Waals surface area contributed by atoms with Gasteiger partial charge < -0.3 is 9.64 Å². The summed E-state index contributed by atoms with van der Waals surface area (Å²) in [5, 5.41) is 0. The lowest BCUT2D eigenvalue weighted by Gasteiger charge is -2.48. The van der Waals surface area contributed by atoms with Crippen LogP contribution in [0.25, 0.3) is 0 Å². The molecule has 3 rings (SSSR count). The Balaban J connectivity index is 1.67. The predicted molar refractivity (Wildman–Crippen MR) is 88.2 cm³/mol. The van der Waals surface area contributed by atoms with Crippen LogP contribution in [0.1, 0.15) is 39.5 Å². The van der Waals surface area contributed by atoms with E-state index in [9.17, 15) is 0 Å². The summed E-state index contributed by atoms with van der Waals surface area (Å²) < 4.78 is 5.68. The van der Waals surface area contributed by atoms with E-state index >= 15 is 0 Å². The van der Waals surface area contributed by atoms with Gasteiger partial charge in [-0.3, -0.25) is 4.90 Å². The molecular weight excluding hydrogens is 260 g/mol. The standard InChI is InChI=1S/C18H28N2O/c1-3-12-21-18-9-7-16(8-10-18)20-14-17-6-4-5-11-19(17)13-15(20)2/h7-10,15,17H,3-6,11-14H2,1-2H3. The van der Waals surface area contributed by atoms with E-state index in [-0.39, 0.29) is 0 Å². The monoisotopic (exact) mass is 288 g/mol. The first-order chi connectivity index (χ1) is 10.3. The smallest absolute Gasteiger partial charge is 0.119 e. The van der Waals surface area contributed by atoms with Crippen molar-refractivity contribution in [3.05, 3.63) is 24.3 Å². The lowest BCUT2D eigenvalue weighted by atomic mass is 9.96. The molecule has 0 aliphatic carbocycles. The van der Waals surface area contributed by atoms with Gasteiger partial charge >= 0.3 is 0 Å². The van der Waals surface area contributed by atoms with Crippen molar-refractivity contribution in [1.29, 1.82) is 0 Å². The maximum atomic E-state index is 5.68. The van der Waals surface area contributed by atoms with E-state index in [2.05, 4.69) is 47.9 Å². The molecule has 0 spiro atoms. The van der Waals surface area contributed by atoms with Gasteiger partial charge in [0, 0.05) is 30.9 Å². The molecule has 0 saturated carbocycles. The third-order valence-electron chi connectivity index (χ3n) is 4.83. The fraction of sp³-hybridized carbons (Fsp3) is 0.667. The highest BCUT2D eigenvalue weighted by Crippen LogP contribution is 2.29. The highest BCUT2D eigenvalue weighted by molar-refractivity contribution is 5.50. The molecule has 21 heavy (non-hydrogen) atoms. The maximum Gasteiger partial charge on any atom is 0.119 e. The predicted octanol–water partition coefficient (Wildman–Crippen LogP) is 3.54. The van der Waals surface area contributed by atoms with Crippen LogP contribution < -0.4 is 9.64 Å². The van der Waals surface area contributed by atoms with Crippen LogP contribution in [0.4, 0.5) is 5.69 Å². The second kappa shape index (κ2) is 6.69. The van der Waals surface area contributed by atoms with Crippen molar-refractivity contribution >= 4 is 5.69 Å². The van der Waals surface area contributed by atoms with Gasteiger partial charge in [0.1, 0.15) is 5.75 Å². The van der Waals surface area contributed by atoms with Crippen molar-refractivity contribution in [2.75, 3.05) is 31.1 Å². The first kappa shape index (κ1) is 14.7. The molecule has 0 amide bonds. The number of benzene rings is 1. The van der Waals surface area contributed by atoms with Gasteiger partial charge in [-0.2, -0.15) is 0 Å². The molecule has 1 aromatic carbocycles. The molecule has 3 heteroatoms. The number of rotatable bonds is 4. The summed E-state index contributed by atoms with van der Waals surface area (Å²) in [5.74, 6) is 0.990. The summed E-state index contributed by atoms with van der Waals surface area (Å²) >= 11 is 0. The molecule has 2 aliphatic rings. The Hall–Kier alpha value is -1.22. The van der Waals surface area contributed by atoms with Gasteiger partial charge in [-0.25, -0.2) is 0 Å². The van der Waals surface area contributed by atoms with Crippen LogP contribution in [0.3, 0.4) is 0 Å². The van der Waals surface area contributed by atoms with E-state index in [1.54, 1.807) is 0 Å². The van der Waals surface area contributed by atoms with E-state index < -0.39 is 0 Å². The summed E-state index contributed by atoms with van der Waals surface area (Å²) in [6.45, 7) is 8.98. The van der Waals surface area contributed by atoms with Crippen LogP contribution in [0.5, 0.6) is 5.75 Å². The maximum absolute atomic E-state index is 5.68. The first-order valence-corrected chi connectivity index (χ1v) is 8.51. The third kappa shape index (κ3) is 3.34. The van der Waals surface area contributed by atoms with Gasteiger partial charge in [0.15, 0.2) is 0 Å². The zero-order valence-electron chi connectivity index (χ0n) is 13.4. The minimum Gasteiger partial charge on any atom is -0.494 e. The first-order valence-electron chi connectivity index (χ1n) is 8.51. The zero-order chi connectivity index (χ0) is 14.7. The Morgan fingerprint density at radius 1 is 1.14 bits per heavy atom. The van der Waals surface area contributed by atoms with Crippen LogP contribution in [-0.2, 0) is 0 Å². The van der Waals surface area contributed by atoms with Gasteiger partial charge in [0.2, 0.25) is 0 Å². The number of fused-ring (bicyclic) bond motifs is 1. The topological polar surface area (TPSA) is 15.7 Å². The number of piperazine rings is 1. The van der Waals surface area contributed by atoms with Crippen molar-refractivity contribution in [2.24, 2.45) is 0 Å². The summed E-state index contributed by atoms with van der Waals surface area (Å²) in [6.07, 6.45) is 5.20. The van der Waals surface area contributed by atoms with Crippen molar-refractivity contribution in [1.82, 2.24) is 4.90 Å². The van der Waals surface area contributed by atoms with E-state index in [1.165, 1.54) is 44.6 Å². The molecule has 0 N–H and O–H groups in total. The molecule has 2 atom stereocenters. The fourth-order valence-electron chi connectivity index (χ4n) is 3.67. The summed E-state index contributed by atoms with van der Waals surface area (Å²) in [4.78, 5) is 5.28. The Morgan fingerprint density at radius 3 is 2.71 bits per heavy atom. The molecule has 2 heterocycles. The second-order valence-corrected chi connectivity index (χ2v) is 6.49. The Bertz CT molecular complexity index is 445. The zero-order valence-corrected chi connectivity index (χ0v) is 13.4. The molecule has 116 valence electrons. The molecule has 2 fully saturated rings. The molecule has 3 nitrogen and oxygen atoms in total. The molecule has 0 aromatic heterocycles. The number of piperidine rings is 1. The Morgan fingerprint density at radius 2 is 1.95 bits per heavy atom. The molecule has 2 aliphatic heterocycles. The Labute approximate surface area is 128 Å². The minimum atomic E-state index is 0.599. The summed E-state index contributed by atoms with van der Waals surface area (Å²) in [7, 11) is 0. The van der Waals surface area contributed by atoms with E-state index in [4.69, 9.17) is 4.74 Å². The molecule has 0 bridgehead atoms. The summed E-state index contributed by atoms with van der Waals surface area (Å²) in [6, 6.07) is 10.0. The molecule has 1 aromatic rings. The van der Waals surface area contributed by atoms with E-state index in [0.29, 0.717) is 6.04 Å². The van der Waals surface area contributed by atoms with Crippen molar-refractivity contribution in [3.8, 4) is 5.75 Å². The van der Waals surface area contributed by atoms with Crippen LogP contribution in [0.15, 0.2) is 24.3 Å². The Kier molecular flexibility index (Phi) is 4.69. The van der Waals surface area contributed by atoms with Gasteiger partial charge in [-0.15, -0.1) is 0 Å². The number of ether oxygens (including phenoxy) is 1. The normalized spacial score (nSPS) is 26.5. The summed E-state index contributed by atoms with van der Waals surface area (Å²) in [5.41, 5.74) is 1.34. The molecule has 2 saturated heterocycles.